The summed E-state index contributed by atoms with van der Waals surface area (Å²) in [6.07, 6.45) is 5.77. The zero-order valence-corrected chi connectivity index (χ0v) is 11.2. The maximum atomic E-state index is 4.33. The molecular formula is C14H25N3. The molecule has 1 aromatic heterocycles. The fourth-order valence-electron chi connectivity index (χ4n) is 1.74. The summed E-state index contributed by atoms with van der Waals surface area (Å²) in [7, 11) is 2.14. The summed E-state index contributed by atoms with van der Waals surface area (Å²) in [6, 6.07) is 6.07. The number of nitrogens with zero attached hydrogens (tertiary/aromatic N) is 2. The Morgan fingerprint density at radius 1 is 1.24 bits per heavy atom. The average molecular weight is 235 g/mol. The van der Waals surface area contributed by atoms with Crippen LogP contribution in [0, 0.1) is 0 Å². The summed E-state index contributed by atoms with van der Waals surface area (Å²) in [5, 5.41) is 3.47. The van der Waals surface area contributed by atoms with Gasteiger partial charge in [-0.15, -0.1) is 0 Å². The summed E-state index contributed by atoms with van der Waals surface area (Å²) < 4.78 is 0. The molecule has 0 unspecified atom stereocenters. The van der Waals surface area contributed by atoms with Gasteiger partial charge in [0.2, 0.25) is 0 Å². The molecule has 0 aliphatic carbocycles. The van der Waals surface area contributed by atoms with Gasteiger partial charge in [0.25, 0.3) is 0 Å². The number of likely N-dealkylation sites (N-methyl/N-ethyl adjacent to an activating group) is 1. The molecule has 0 saturated carbocycles. The second-order valence-electron chi connectivity index (χ2n) is 4.52. The van der Waals surface area contributed by atoms with E-state index in [1.165, 1.54) is 19.3 Å². The fourth-order valence-corrected chi connectivity index (χ4v) is 1.74. The molecule has 0 atom stereocenters. The van der Waals surface area contributed by atoms with E-state index < -0.39 is 0 Å². The van der Waals surface area contributed by atoms with Crippen LogP contribution < -0.4 is 5.32 Å². The molecule has 0 aliphatic heterocycles. The molecule has 1 N–H and O–H groups in total. The minimum absolute atomic E-state index is 0.928. The van der Waals surface area contributed by atoms with Gasteiger partial charge in [-0.05, 0) is 32.1 Å². The van der Waals surface area contributed by atoms with E-state index in [0.717, 1.165) is 31.9 Å². The van der Waals surface area contributed by atoms with Gasteiger partial charge in [0.05, 0.1) is 5.69 Å². The van der Waals surface area contributed by atoms with E-state index in [2.05, 4.69) is 35.2 Å². The molecule has 0 aromatic carbocycles. The van der Waals surface area contributed by atoms with E-state index in [4.69, 9.17) is 0 Å². The van der Waals surface area contributed by atoms with Crippen molar-refractivity contribution >= 4 is 0 Å². The molecule has 0 amide bonds. The molecule has 0 radical (unpaired) electrons. The third-order valence-corrected chi connectivity index (χ3v) is 2.79. The first kappa shape index (κ1) is 14.1. The Morgan fingerprint density at radius 3 is 2.82 bits per heavy atom. The van der Waals surface area contributed by atoms with E-state index in [-0.39, 0.29) is 0 Å². The summed E-state index contributed by atoms with van der Waals surface area (Å²) >= 11 is 0. The van der Waals surface area contributed by atoms with Crippen molar-refractivity contribution < 1.29 is 0 Å². The van der Waals surface area contributed by atoms with Crippen LogP contribution in [0.5, 0.6) is 0 Å². The smallest absolute Gasteiger partial charge is 0.0543 e. The van der Waals surface area contributed by atoms with E-state index in [1.54, 1.807) is 0 Å². The molecule has 96 valence electrons. The lowest BCUT2D eigenvalue weighted by atomic mass is 10.2. The number of hydrogen-bond donors (Lipinski definition) is 1. The van der Waals surface area contributed by atoms with E-state index in [0.29, 0.717) is 0 Å². The van der Waals surface area contributed by atoms with Crippen LogP contribution in [0.15, 0.2) is 24.4 Å². The molecule has 3 heteroatoms. The van der Waals surface area contributed by atoms with Crippen molar-refractivity contribution in [1.82, 2.24) is 15.2 Å². The summed E-state index contributed by atoms with van der Waals surface area (Å²) in [6.45, 7) is 6.44. The van der Waals surface area contributed by atoms with Gasteiger partial charge in [-0.2, -0.15) is 0 Å². The zero-order chi connectivity index (χ0) is 12.3. The molecule has 1 heterocycles. The molecule has 0 saturated heterocycles. The normalized spacial score (nSPS) is 11.0. The quantitative estimate of drug-likeness (QED) is 0.666. The largest absolute Gasteiger partial charge is 0.315 e. The molecule has 0 aliphatic rings. The Bertz CT molecular complexity index is 274. The van der Waals surface area contributed by atoms with Gasteiger partial charge in [0.1, 0.15) is 0 Å². The highest BCUT2D eigenvalue weighted by Crippen LogP contribution is 1.97. The van der Waals surface area contributed by atoms with Crippen molar-refractivity contribution in [3.05, 3.63) is 30.1 Å². The Labute approximate surface area is 105 Å². The summed E-state index contributed by atoms with van der Waals surface area (Å²) in [5.41, 5.74) is 1.14. The number of nitrogens with one attached hydrogen (secondary N) is 1. The van der Waals surface area contributed by atoms with Crippen LogP contribution in [0.25, 0.3) is 0 Å². The molecule has 0 fully saturated rings. The van der Waals surface area contributed by atoms with Crippen molar-refractivity contribution in [1.29, 1.82) is 0 Å². The Hall–Kier alpha value is -0.930. The first-order valence-electron chi connectivity index (χ1n) is 6.62. The predicted octanol–water partition coefficient (Wildman–Crippen LogP) is 2.29. The first-order chi connectivity index (χ1) is 8.33. The lowest BCUT2D eigenvalue weighted by Crippen LogP contribution is -2.29. The maximum absolute atomic E-state index is 4.33. The highest BCUT2D eigenvalue weighted by atomic mass is 15.1. The third kappa shape index (κ3) is 7.08. The van der Waals surface area contributed by atoms with Crippen LogP contribution in [-0.4, -0.2) is 36.6 Å². The van der Waals surface area contributed by atoms with E-state index >= 15 is 0 Å². The van der Waals surface area contributed by atoms with Gasteiger partial charge in [0, 0.05) is 25.8 Å². The van der Waals surface area contributed by atoms with Gasteiger partial charge < -0.3 is 5.32 Å². The number of unbranched alkanes of at least 4 members (excludes halogenated alkanes) is 2. The second kappa shape index (κ2) is 9.14. The highest BCUT2D eigenvalue weighted by molar-refractivity contribution is 5.02. The standard InChI is InChI=1S/C14H25N3/c1-3-4-6-9-15-11-12-17(2)13-14-8-5-7-10-16-14/h5,7-8,10,15H,3-4,6,9,11-13H2,1-2H3. The number of aromatic nitrogens is 1. The van der Waals surface area contributed by atoms with E-state index in [9.17, 15) is 0 Å². The van der Waals surface area contributed by atoms with Crippen molar-refractivity contribution in [3.63, 3.8) is 0 Å². The van der Waals surface area contributed by atoms with Gasteiger partial charge >= 0.3 is 0 Å². The lowest BCUT2D eigenvalue weighted by molar-refractivity contribution is 0.320. The first-order valence-corrected chi connectivity index (χ1v) is 6.62. The molecule has 0 spiro atoms. The van der Waals surface area contributed by atoms with Crippen molar-refractivity contribution in [2.45, 2.75) is 32.7 Å². The molecule has 1 aromatic rings. The van der Waals surface area contributed by atoms with Crippen molar-refractivity contribution in [2.24, 2.45) is 0 Å². The van der Waals surface area contributed by atoms with E-state index in [1.807, 2.05) is 18.3 Å². The fraction of sp³-hybridized carbons (Fsp3) is 0.643. The van der Waals surface area contributed by atoms with Crippen LogP contribution in [0.1, 0.15) is 31.9 Å². The van der Waals surface area contributed by atoms with Crippen LogP contribution in [0.3, 0.4) is 0 Å². The predicted molar refractivity (Wildman–Crippen MR) is 73.0 cm³/mol. The van der Waals surface area contributed by atoms with Gasteiger partial charge in [-0.3, -0.25) is 9.88 Å². The van der Waals surface area contributed by atoms with Gasteiger partial charge in [-0.1, -0.05) is 25.8 Å². The molecule has 1 rings (SSSR count). The zero-order valence-electron chi connectivity index (χ0n) is 11.2. The monoisotopic (exact) mass is 235 g/mol. The Morgan fingerprint density at radius 2 is 2.12 bits per heavy atom. The highest BCUT2D eigenvalue weighted by Gasteiger charge is 1.99. The van der Waals surface area contributed by atoms with Crippen LogP contribution >= 0.6 is 0 Å². The third-order valence-electron chi connectivity index (χ3n) is 2.79. The Balaban J connectivity index is 2.03. The number of hydrogen-bond acceptors (Lipinski definition) is 3. The van der Waals surface area contributed by atoms with Crippen LogP contribution in [0.4, 0.5) is 0 Å². The van der Waals surface area contributed by atoms with Gasteiger partial charge in [0.15, 0.2) is 0 Å². The van der Waals surface area contributed by atoms with Crippen molar-refractivity contribution in [2.75, 3.05) is 26.7 Å². The van der Waals surface area contributed by atoms with Crippen LogP contribution in [-0.2, 0) is 6.54 Å². The molecular weight excluding hydrogens is 210 g/mol. The average Bonchev–Trinajstić information content (AvgIpc) is 2.35. The molecule has 17 heavy (non-hydrogen) atoms. The topological polar surface area (TPSA) is 28.2 Å². The molecule has 0 bridgehead atoms. The number of pyridine rings is 1. The van der Waals surface area contributed by atoms with Crippen LogP contribution in [0.2, 0.25) is 0 Å². The second-order valence-corrected chi connectivity index (χ2v) is 4.52. The molecule has 3 nitrogen and oxygen atoms in total. The number of rotatable bonds is 9. The Kier molecular flexibility index (Phi) is 7.60. The minimum atomic E-state index is 0.928. The van der Waals surface area contributed by atoms with Crippen molar-refractivity contribution in [3.8, 4) is 0 Å². The summed E-state index contributed by atoms with van der Waals surface area (Å²) in [5.74, 6) is 0. The minimum Gasteiger partial charge on any atom is -0.315 e. The maximum Gasteiger partial charge on any atom is 0.0543 e. The summed E-state index contributed by atoms with van der Waals surface area (Å²) in [4.78, 5) is 6.63. The lowest BCUT2D eigenvalue weighted by Gasteiger charge is -2.16. The van der Waals surface area contributed by atoms with Gasteiger partial charge in [-0.25, -0.2) is 0 Å². The SMILES string of the molecule is CCCCCNCCN(C)Cc1ccccn1.